The summed E-state index contributed by atoms with van der Waals surface area (Å²) in [4.78, 5) is 14.0. The number of aliphatic carboxylic acids is 1. The van der Waals surface area contributed by atoms with Crippen molar-refractivity contribution in [1.29, 1.82) is 0 Å². The van der Waals surface area contributed by atoms with Gasteiger partial charge in [-0.2, -0.15) is 0 Å². The molecule has 156 valence electrons. The lowest BCUT2D eigenvalue weighted by molar-refractivity contribution is -0.144. The zero-order chi connectivity index (χ0) is 20.6. The Morgan fingerprint density at radius 2 is 1.82 bits per heavy atom. The predicted octanol–water partition coefficient (Wildman–Crippen LogP) is 2.41. The van der Waals surface area contributed by atoms with E-state index in [0.717, 1.165) is 37.4 Å². The molecule has 5 N–H and O–H groups in total. The second kappa shape index (κ2) is 11.2. The van der Waals surface area contributed by atoms with Gasteiger partial charge in [-0.15, -0.1) is 0 Å². The molecule has 6 nitrogen and oxygen atoms in total. The standard InChI is InChI=1S/C20H32BClN2O4/c22-18-5-3-16(4-6-18)15-17-7-12-24(13-8-17)14-10-20(23,19(25)26)9-1-2-11-21(27)28/h3-6,17,27-28H,1-2,7-15,23H2,(H,25,26). The smallest absolute Gasteiger partial charge is 0.451 e. The number of unbranched alkanes of at least 4 members (excludes halogenated alkanes) is 1. The van der Waals surface area contributed by atoms with Crippen LogP contribution in [0.25, 0.3) is 0 Å². The number of halogens is 1. The van der Waals surface area contributed by atoms with E-state index in [9.17, 15) is 9.90 Å². The molecule has 0 aromatic heterocycles. The maximum Gasteiger partial charge on any atom is 0.451 e. The summed E-state index contributed by atoms with van der Waals surface area (Å²) >= 11 is 5.94. The topological polar surface area (TPSA) is 107 Å². The van der Waals surface area contributed by atoms with Gasteiger partial charge in [0.25, 0.3) is 0 Å². The lowest BCUT2D eigenvalue weighted by atomic mass is 9.81. The summed E-state index contributed by atoms with van der Waals surface area (Å²) in [5.74, 6) is -0.334. The second-order valence-electron chi connectivity index (χ2n) is 8.05. The van der Waals surface area contributed by atoms with Crippen molar-refractivity contribution in [3.05, 3.63) is 34.9 Å². The van der Waals surface area contributed by atoms with E-state index >= 15 is 0 Å². The van der Waals surface area contributed by atoms with E-state index in [-0.39, 0.29) is 6.32 Å². The van der Waals surface area contributed by atoms with Crippen molar-refractivity contribution in [2.45, 2.75) is 56.8 Å². The second-order valence-corrected chi connectivity index (χ2v) is 8.49. The van der Waals surface area contributed by atoms with Crippen molar-refractivity contribution in [2.75, 3.05) is 19.6 Å². The van der Waals surface area contributed by atoms with Crippen LogP contribution in [0.4, 0.5) is 0 Å². The molecule has 0 aliphatic carbocycles. The highest BCUT2D eigenvalue weighted by Crippen LogP contribution is 2.24. The molecule has 0 spiro atoms. The molecule has 0 saturated carbocycles. The van der Waals surface area contributed by atoms with Crippen LogP contribution in [0.2, 0.25) is 11.3 Å². The summed E-state index contributed by atoms with van der Waals surface area (Å²) in [7, 11) is -1.34. The highest BCUT2D eigenvalue weighted by Gasteiger charge is 2.34. The highest BCUT2D eigenvalue weighted by atomic mass is 35.5. The van der Waals surface area contributed by atoms with Crippen LogP contribution in [0, 0.1) is 5.92 Å². The number of piperidine rings is 1. The van der Waals surface area contributed by atoms with Gasteiger partial charge in [0.1, 0.15) is 5.54 Å². The van der Waals surface area contributed by atoms with Crippen molar-refractivity contribution < 1.29 is 19.9 Å². The van der Waals surface area contributed by atoms with Crippen LogP contribution in [-0.4, -0.2) is 58.3 Å². The van der Waals surface area contributed by atoms with E-state index in [1.165, 1.54) is 5.56 Å². The molecule has 1 aliphatic rings. The molecule has 0 amide bonds. The zero-order valence-electron chi connectivity index (χ0n) is 16.4. The molecule has 1 fully saturated rings. The fraction of sp³-hybridized carbons (Fsp3) is 0.650. The number of hydrogen-bond acceptors (Lipinski definition) is 5. The Morgan fingerprint density at radius 3 is 2.39 bits per heavy atom. The van der Waals surface area contributed by atoms with Crippen molar-refractivity contribution in [1.82, 2.24) is 4.90 Å². The summed E-state index contributed by atoms with van der Waals surface area (Å²) in [5.41, 5.74) is 6.21. The van der Waals surface area contributed by atoms with Gasteiger partial charge in [-0.05, 0) is 75.1 Å². The minimum Gasteiger partial charge on any atom is -0.480 e. The van der Waals surface area contributed by atoms with Crippen LogP contribution in [0.5, 0.6) is 0 Å². The van der Waals surface area contributed by atoms with Crippen molar-refractivity contribution >= 4 is 24.7 Å². The minimum atomic E-state index is -1.34. The average molecular weight is 411 g/mol. The number of benzene rings is 1. The first kappa shape index (κ1) is 23.2. The van der Waals surface area contributed by atoms with E-state index < -0.39 is 18.6 Å². The van der Waals surface area contributed by atoms with Crippen molar-refractivity contribution in [3.8, 4) is 0 Å². The number of likely N-dealkylation sites (tertiary alicyclic amines) is 1. The normalized spacial score (nSPS) is 18.0. The number of carboxylic acids is 1. The molecule has 1 saturated heterocycles. The highest BCUT2D eigenvalue weighted by molar-refractivity contribution is 6.40. The summed E-state index contributed by atoms with van der Waals surface area (Å²) < 4.78 is 0. The van der Waals surface area contributed by atoms with Crippen LogP contribution in [0.15, 0.2) is 24.3 Å². The first-order valence-corrected chi connectivity index (χ1v) is 10.5. The third-order valence-corrected chi connectivity index (χ3v) is 6.03. The molecule has 1 heterocycles. The lowest BCUT2D eigenvalue weighted by Crippen LogP contribution is -2.50. The molecule has 1 aliphatic heterocycles. The fourth-order valence-corrected chi connectivity index (χ4v) is 3.96. The maximum atomic E-state index is 11.6. The quantitative estimate of drug-likeness (QED) is 0.330. The van der Waals surface area contributed by atoms with Gasteiger partial charge < -0.3 is 25.8 Å². The van der Waals surface area contributed by atoms with E-state index in [1.807, 2.05) is 12.1 Å². The van der Waals surface area contributed by atoms with Crippen LogP contribution in [-0.2, 0) is 11.2 Å². The van der Waals surface area contributed by atoms with E-state index in [0.29, 0.717) is 38.1 Å². The first-order valence-electron chi connectivity index (χ1n) is 10.1. The number of rotatable bonds is 11. The number of carbonyl (C=O) groups is 1. The van der Waals surface area contributed by atoms with E-state index in [2.05, 4.69) is 17.0 Å². The third-order valence-electron chi connectivity index (χ3n) is 5.78. The van der Waals surface area contributed by atoms with Crippen molar-refractivity contribution in [3.63, 3.8) is 0 Å². The van der Waals surface area contributed by atoms with Gasteiger partial charge in [-0.1, -0.05) is 36.6 Å². The Labute approximate surface area is 172 Å². The van der Waals surface area contributed by atoms with Gasteiger partial charge in [0.15, 0.2) is 0 Å². The Morgan fingerprint density at radius 1 is 1.18 bits per heavy atom. The van der Waals surface area contributed by atoms with Gasteiger partial charge in [0.2, 0.25) is 0 Å². The number of hydrogen-bond donors (Lipinski definition) is 4. The van der Waals surface area contributed by atoms with Gasteiger partial charge in [-0.3, -0.25) is 4.79 Å². The van der Waals surface area contributed by atoms with Gasteiger partial charge in [0, 0.05) is 11.6 Å². The van der Waals surface area contributed by atoms with Crippen LogP contribution in [0.3, 0.4) is 0 Å². The molecule has 1 aromatic rings. The number of nitrogens with zero attached hydrogens (tertiary/aromatic N) is 1. The first-order chi connectivity index (χ1) is 13.3. The zero-order valence-corrected chi connectivity index (χ0v) is 17.2. The Bertz CT molecular complexity index is 609. The molecule has 28 heavy (non-hydrogen) atoms. The van der Waals surface area contributed by atoms with Crippen LogP contribution in [0.1, 0.15) is 44.1 Å². The molecule has 0 radical (unpaired) electrons. The SMILES string of the molecule is NC(CCCCB(O)O)(CCN1CCC(Cc2ccc(Cl)cc2)CC1)C(=O)O. The summed E-state index contributed by atoms with van der Waals surface area (Å²) in [6, 6.07) is 8.03. The Balaban J connectivity index is 1.72. The van der Waals surface area contributed by atoms with Gasteiger partial charge >= 0.3 is 13.1 Å². The van der Waals surface area contributed by atoms with Crippen LogP contribution < -0.4 is 5.73 Å². The average Bonchev–Trinajstić information content (AvgIpc) is 2.66. The lowest BCUT2D eigenvalue weighted by Gasteiger charge is -2.34. The van der Waals surface area contributed by atoms with Crippen molar-refractivity contribution in [2.24, 2.45) is 11.7 Å². The van der Waals surface area contributed by atoms with Gasteiger partial charge in [-0.25, -0.2) is 0 Å². The molecule has 1 atom stereocenters. The molecule has 0 bridgehead atoms. The monoisotopic (exact) mass is 410 g/mol. The Hall–Kier alpha value is -1.12. The van der Waals surface area contributed by atoms with E-state index in [4.69, 9.17) is 27.4 Å². The summed E-state index contributed by atoms with van der Waals surface area (Å²) in [6.07, 6.45) is 5.38. The summed E-state index contributed by atoms with van der Waals surface area (Å²) in [6.45, 7) is 2.61. The van der Waals surface area contributed by atoms with Crippen LogP contribution >= 0.6 is 11.6 Å². The molecule has 1 unspecified atom stereocenters. The largest absolute Gasteiger partial charge is 0.480 e. The molecule has 8 heteroatoms. The summed E-state index contributed by atoms with van der Waals surface area (Å²) in [5, 5.41) is 28.1. The predicted molar refractivity (Wildman–Crippen MR) is 112 cm³/mol. The number of carboxylic acid groups (broad SMARTS) is 1. The van der Waals surface area contributed by atoms with E-state index in [1.54, 1.807) is 0 Å². The minimum absolute atomic E-state index is 0.247. The molecule has 1 aromatic carbocycles. The molecular weight excluding hydrogens is 378 g/mol. The molecular formula is C20H32BClN2O4. The maximum absolute atomic E-state index is 11.6. The number of nitrogens with two attached hydrogens (primary N) is 1. The van der Waals surface area contributed by atoms with Gasteiger partial charge in [0.05, 0.1) is 0 Å². The molecule has 2 rings (SSSR count). The Kier molecular flexibility index (Phi) is 9.24. The fourth-order valence-electron chi connectivity index (χ4n) is 3.83. The third kappa shape index (κ3) is 7.72.